The summed E-state index contributed by atoms with van der Waals surface area (Å²) in [6.45, 7) is 0.886. The molecule has 0 atom stereocenters. The van der Waals surface area contributed by atoms with Crippen LogP contribution in [0.5, 0.6) is 17.2 Å². The van der Waals surface area contributed by atoms with Gasteiger partial charge < -0.3 is 24.8 Å². The van der Waals surface area contributed by atoms with Crippen LogP contribution in [0.2, 0.25) is 5.02 Å². The largest absolute Gasteiger partial charge is 0.497 e. The molecule has 2 aromatic carbocycles. The van der Waals surface area contributed by atoms with Crippen LogP contribution in [-0.2, 0) is 4.79 Å². The Balaban J connectivity index is 1.69. The summed E-state index contributed by atoms with van der Waals surface area (Å²) in [6.07, 6.45) is 0. The van der Waals surface area contributed by atoms with Crippen LogP contribution in [0.1, 0.15) is 0 Å². The van der Waals surface area contributed by atoms with Gasteiger partial charge in [0.25, 0.3) is 0 Å². The van der Waals surface area contributed by atoms with E-state index in [1.165, 1.54) is 0 Å². The molecule has 2 rings (SSSR count). The first-order valence-corrected chi connectivity index (χ1v) is 8.11. The SMILES string of the molecule is COc1ccc(OCCNC(=O)CNc2cc(Cl)ccc2OC)cc1. The fourth-order valence-electron chi connectivity index (χ4n) is 2.09. The smallest absolute Gasteiger partial charge is 0.239 e. The summed E-state index contributed by atoms with van der Waals surface area (Å²) < 4.78 is 15.8. The molecule has 0 saturated heterocycles. The number of nitrogens with one attached hydrogen (secondary N) is 2. The highest BCUT2D eigenvalue weighted by atomic mass is 35.5. The number of ether oxygens (including phenoxy) is 3. The van der Waals surface area contributed by atoms with Crippen molar-refractivity contribution in [3.8, 4) is 17.2 Å². The van der Waals surface area contributed by atoms with E-state index >= 15 is 0 Å². The lowest BCUT2D eigenvalue weighted by Crippen LogP contribution is -2.33. The fraction of sp³-hybridized carbons (Fsp3) is 0.278. The van der Waals surface area contributed by atoms with Gasteiger partial charge in [0.05, 0.1) is 33.0 Å². The van der Waals surface area contributed by atoms with Crippen molar-refractivity contribution in [2.75, 3.05) is 39.2 Å². The van der Waals surface area contributed by atoms with E-state index in [4.69, 9.17) is 25.8 Å². The molecular formula is C18H21ClN2O4. The zero-order valence-corrected chi connectivity index (χ0v) is 14.9. The van der Waals surface area contributed by atoms with Gasteiger partial charge in [-0.05, 0) is 42.5 Å². The Morgan fingerprint density at radius 1 is 1.04 bits per heavy atom. The summed E-state index contributed by atoms with van der Waals surface area (Å²) in [4.78, 5) is 11.9. The summed E-state index contributed by atoms with van der Waals surface area (Å²) >= 11 is 5.95. The third kappa shape index (κ3) is 6.08. The molecule has 0 saturated carbocycles. The zero-order chi connectivity index (χ0) is 18.1. The standard InChI is InChI=1S/C18H21ClN2O4/c1-23-14-4-6-15(7-5-14)25-10-9-20-18(22)12-21-16-11-13(19)3-8-17(16)24-2/h3-8,11,21H,9-10,12H2,1-2H3,(H,20,22). The number of methoxy groups -OCH3 is 2. The molecule has 0 fully saturated rings. The number of halogens is 1. The minimum Gasteiger partial charge on any atom is -0.497 e. The molecule has 134 valence electrons. The van der Waals surface area contributed by atoms with E-state index < -0.39 is 0 Å². The van der Waals surface area contributed by atoms with Crippen molar-refractivity contribution >= 4 is 23.2 Å². The van der Waals surface area contributed by atoms with Gasteiger partial charge in [-0.15, -0.1) is 0 Å². The topological polar surface area (TPSA) is 68.8 Å². The van der Waals surface area contributed by atoms with Crippen molar-refractivity contribution < 1.29 is 19.0 Å². The van der Waals surface area contributed by atoms with Crippen LogP contribution in [0.4, 0.5) is 5.69 Å². The fourth-order valence-corrected chi connectivity index (χ4v) is 2.26. The molecule has 0 aliphatic rings. The average molecular weight is 365 g/mol. The van der Waals surface area contributed by atoms with Gasteiger partial charge in [-0.25, -0.2) is 0 Å². The lowest BCUT2D eigenvalue weighted by Gasteiger charge is -2.12. The van der Waals surface area contributed by atoms with Crippen LogP contribution >= 0.6 is 11.6 Å². The Kier molecular flexibility index (Phi) is 7.22. The van der Waals surface area contributed by atoms with Crippen LogP contribution in [0.25, 0.3) is 0 Å². The second-order valence-corrected chi connectivity index (χ2v) is 5.51. The first kappa shape index (κ1) is 18.7. The Morgan fingerprint density at radius 3 is 2.44 bits per heavy atom. The van der Waals surface area contributed by atoms with Gasteiger partial charge in [0.15, 0.2) is 0 Å². The van der Waals surface area contributed by atoms with E-state index in [-0.39, 0.29) is 12.5 Å². The zero-order valence-electron chi connectivity index (χ0n) is 14.2. The van der Waals surface area contributed by atoms with E-state index in [9.17, 15) is 4.79 Å². The van der Waals surface area contributed by atoms with Gasteiger partial charge in [-0.3, -0.25) is 4.79 Å². The van der Waals surface area contributed by atoms with Crippen LogP contribution in [0.15, 0.2) is 42.5 Å². The number of carbonyl (C=O) groups is 1. The maximum atomic E-state index is 11.9. The maximum absolute atomic E-state index is 11.9. The van der Waals surface area contributed by atoms with Crippen molar-refractivity contribution in [1.29, 1.82) is 0 Å². The number of amides is 1. The number of benzene rings is 2. The van der Waals surface area contributed by atoms with Gasteiger partial charge in [0.1, 0.15) is 23.9 Å². The van der Waals surface area contributed by atoms with Gasteiger partial charge in [-0.2, -0.15) is 0 Å². The van der Waals surface area contributed by atoms with E-state index in [1.54, 1.807) is 32.4 Å². The Hall–Kier alpha value is -2.60. The van der Waals surface area contributed by atoms with E-state index in [1.807, 2.05) is 24.3 Å². The van der Waals surface area contributed by atoms with Crippen LogP contribution in [0.3, 0.4) is 0 Å². The summed E-state index contributed by atoms with van der Waals surface area (Å²) in [5.41, 5.74) is 0.666. The normalized spacial score (nSPS) is 10.0. The quantitative estimate of drug-likeness (QED) is 0.669. The molecule has 0 unspecified atom stereocenters. The molecule has 0 aliphatic heterocycles. The first-order valence-electron chi connectivity index (χ1n) is 7.73. The number of hydrogen-bond donors (Lipinski definition) is 2. The Bertz CT molecular complexity index is 692. The lowest BCUT2D eigenvalue weighted by atomic mass is 10.3. The second-order valence-electron chi connectivity index (χ2n) is 5.07. The molecule has 0 heterocycles. The summed E-state index contributed by atoms with van der Waals surface area (Å²) in [7, 11) is 3.17. The molecule has 0 spiro atoms. The number of hydrogen-bond acceptors (Lipinski definition) is 5. The van der Waals surface area contributed by atoms with Crippen molar-refractivity contribution in [3.63, 3.8) is 0 Å². The highest BCUT2D eigenvalue weighted by Gasteiger charge is 2.06. The monoisotopic (exact) mass is 364 g/mol. The minimum absolute atomic E-state index is 0.110. The summed E-state index contributed by atoms with van der Waals surface area (Å²) in [5.74, 6) is 1.96. The highest BCUT2D eigenvalue weighted by Crippen LogP contribution is 2.27. The Labute approximate surface area is 152 Å². The molecule has 0 aliphatic carbocycles. The van der Waals surface area contributed by atoms with Gasteiger partial charge in [0, 0.05) is 5.02 Å². The molecule has 0 radical (unpaired) electrons. The van der Waals surface area contributed by atoms with Gasteiger partial charge in [0.2, 0.25) is 5.91 Å². The third-order valence-electron chi connectivity index (χ3n) is 3.35. The van der Waals surface area contributed by atoms with Gasteiger partial charge >= 0.3 is 0 Å². The van der Waals surface area contributed by atoms with Crippen molar-refractivity contribution in [2.45, 2.75) is 0 Å². The van der Waals surface area contributed by atoms with Gasteiger partial charge in [-0.1, -0.05) is 11.6 Å². The van der Waals surface area contributed by atoms with Crippen LogP contribution in [-0.4, -0.2) is 39.8 Å². The first-order chi connectivity index (χ1) is 12.1. The molecule has 1 amide bonds. The van der Waals surface area contributed by atoms with Crippen molar-refractivity contribution in [3.05, 3.63) is 47.5 Å². The molecule has 6 nitrogen and oxygen atoms in total. The van der Waals surface area contributed by atoms with Crippen molar-refractivity contribution in [2.24, 2.45) is 0 Å². The molecule has 25 heavy (non-hydrogen) atoms. The second kappa shape index (κ2) is 9.64. The van der Waals surface area contributed by atoms with Crippen molar-refractivity contribution in [1.82, 2.24) is 5.32 Å². The molecule has 0 aromatic heterocycles. The summed E-state index contributed by atoms with van der Waals surface area (Å²) in [5, 5.41) is 6.34. The molecular weight excluding hydrogens is 344 g/mol. The molecule has 2 N–H and O–H groups in total. The molecule has 0 bridgehead atoms. The number of anilines is 1. The number of rotatable bonds is 9. The predicted molar refractivity (Wildman–Crippen MR) is 98.0 cm³/mol. The average Bonchev–Trinajstić information content (AvgIpc) is 2.64. The van der Waals surface area contributed by atoms with Crippen LogP contribution in [0, 0.1) is 0 Å². The number of carbonyl (C=O) groups excluding carboxylic acids is 1. The molecule has 2 aromatic rings. The highest BCUT2D eigenvalue weighted by molar-refractivity contribution is 6.30. The van der Waals surface area contributed by atoms with E-state index in [0.717, 1.165) is 11.5 Å². The predicted octanol–water partition coefficient (Wildman–Crippen LogP) is 2.96. The van der Waals surface area contributed by atoms with E-state index in [0.29, 0.717) is 29.6 Å². The van der Waals surface area contributed by atoms with E-state index in [2.05, 4.69) is 10.6 Å². The lowest BCUT2D eigenvalue weighted by molar-refractivity contribution is -0.119. The van der Waals surface area contributed by atoms with Crippen LogP contribution < -0.4 is 24.8 Å². The third-order valence-corrected chi connectivity index (χ3v) is 3.59. The molecule has 7 heteroatoms. The maximum Gasteiger partial charge on any atom is 0.239 e. The summed E-state index contributed by atoms with van der Waals surface area (Å²) in [6, 6.07) is 12.4. The Morgan fingerprint density at radius 2 is 1.76 bits per heavy atom. The minimum atomic E-state index is -0.152.